The van der Waals surface area contributed by atoms with Crippen LogP contribution in [0.4, 0.5) is 5.69 Å². The van der Waals surface area contributed by atoms with Gasteiger partial charge in [0.2, 0.25) is 0 Å². The Labute approximate surface area is 195 Å². The van der Waals surface area contributed by atoms with Crippen molar-refractivity contribution in [2.45, 2.75) is 42.2 Å². The number of rotatable bonds is 4. The minimum atomic E-state index is -3.82. The third-order valence-corrected chi connectivity index (χ3v) is 8.76. The molecule has 33 heavy (non-hydrogen) atoms. The van der Waals surface area contributed by atoms with Crippen molar-refractivity contribution in [1.29, 1.82) is 0 Å². The van der Waals surface area contributed by atoms with Gasteiger partial charge in [-0.1, -0.05) is 36.9 Å². The molecule has 0 saturated heterocycles. The highest BCUT2D eigenvalue weighted by molar-refractivity contribution is 7.92. The molecular formula is C23H24ClN3O5S. The minimum Gasteiger partial charge on any atom is -0.321 e. The van der Waals surface area contributed by atoms with E-state index in [9.17, 15) is 22.8 Å². The summed E-state index contributed by atoms with van der Waals surface area (Å²) in [6.07, 6.45) is 3.69. The Balaban J connectivity index is 1.94. The normalized spacial score (nSPS) is 15.0. The Morgan fingerprint density at radius 1 is 0.970 bits per heavy atom. The van der Waals surface area contributed by atoms with Gasteiger partial charge in [-0.3, -0.25) is 14.4 Å². The highest BCUT2D eigenvalue weighted by Crippen LogP contribution is 2.34. The van der Waals surface area contributed by atoms with E-state index in [1.54, 1.807) is 18.2 Å². The van der Waals surface area contributed by atoms with Crippen LogP contribution in [-0.2, 0) is 23.9 Å². The third kappa shape index (κ3) is 4.22. The zero-order chi connectivity index (χ0) is 23.9. The van der Waals surface area contributed by atoms with E-state index in [4.69, 9.17) is 11.6 Å². The topological polar surface area (TPSA) is 107 Å². The van der Waals surface area contributed by atoms with Crippen molar-refractivity contribution in [2.75, 3.05) is 5.32 Å². The van der Waals surface area contributed by atoms with Gasteiger partial charge in [0.05, 0.1) is 26.9 Å². The zero-order valence-corrected chi connectivity index (χ0v) is 19.9. The second kappa shape index (κ2) is 8.79. The van der Waals surface area contributed by atoms with E-state index < -0.39 is 32.1 Å². The van der Waals surface area contributed by atoms with Gasteiger partial charge in [-0.25, -0.2) is 8.42 Å². The largest absolute Gasteiger partial charge is 0.321 e. The fourth-order valence-electron chi connectivity index (χ4n) is 4.31. The van der Waals surface area contributed by atoms with Crippen LogP contribution in [0.25, 0.3) is 11.0 Å². The number of nitrogens with zero attached hydrogens (tertiary/aromatic N) is 2. The van der Waals surface area contributed by atoms with Crippen LogP contribution in [0.15, 0.2) is 50.9 Å². The lowest BCUT2D eigenvalue weighted by Gasteiger charge is -2.24. The Kier molecular flexibility index (Phi) is 6.20. The van der Waals surface area contributed by atoms with Crippen molar-refractivity contribution in [3.05, 3.63) is 67.7 Å². The average Bonchev–Trinajstić information content (AvgIpc) is 2.81. The van der Waals surface area contributed by atoms with E-state index in [0.29, 0.717) is 23.4 Å². The first-order chi connectivity index (χ1) is 15.6. The smallest absolute Gasteiger partial charge is 0.316 e. The number of halogens is 1. The van der Waals surface area contributed by atoms with Gasteiger partial charge in [0.15, 0.2) is 9.84 Å². The quantitative estimate of drug-likeness (QED) is 0.566. The van der Waals surface area contributed by atoms with E-state index >= 15 is 0 Å². The van der Waals surface area contributed by atoms with E-state index in [0.717, 1.165) is 28.4 Å². The Morgan fingerprint density at radius 3 is 2.18 bits per heavy atom. The molecule has 4 rings (SSSR count). The van der Waals surface area contributed by atoms with Gasteiger partial charge in [0, 0.05) is 24.7 Å². The predicted molar refractivity (Wildman–Crippen MR) is 128 cm³/mol. The molecule has 1 saturated carbocycles. The van der Waals surface area contributed by atoms with Crippen LogP contribution in [-0.4, -0.2) is 28.7 Å². The van der Waals surface area contributed by atoms with Crippen molar-refractivity contribution in [3.8, 4) is 0 Å². The fourth-order valence-corrected chi connectivity index (χ4v) is 6.51. The number of amides is 1. The second-order valence-corrected chi connectivity index (χ2v) is 11.0. The summed E-state index contributed by atoms with van der Waals surface area (Å²) in [6.45, 7) is 0. The molecule has 8 nitrogen and oxygen atoms in total. The maximum atomic E-state index is 13.6. The summed E-state index contributed by atoms with van der Waals surface area (Å²) in [7, 11) is -0.958. The van der Waals surface area contributed by atoms with Gasteiger partial charge < -0.3 is 14.5 Å². The molecule has 1 amide bonds. The SMILES string of the molecule is Cn1c(=O)c(=O)n(C)c2cc(S(=O)(=O)C3CCCCC3)c(NC(=O)c3cccc(Cl)c3)cc21. The van der Waals surface area contributed by atoms with Gasteiger partial charge in [-0.2, -0.15) is 0 Å². The van der Waals surface area contributed by atoms with Crippen molar-refractivity contribution < 1.29 is 13.2 Å². The van der Waals surface area contributed by atoms with Crippen LogP contribution >= 0.6 is 11.6 Å². The molecule has 0 bridgehead atoms. The third-order valence-electron chi connectivity index (χ3n) is 6.22. The monoisotopic (exact) mass is 489 g/mol. The summed E-state index contributed by atoms with van der Waals surface area (Å²) < 4.78 is 29.6. The van der Waals surface area contributed by atoms with Crippen molar-refractivity contribution in [2.24, 2.45) is 14.1 Å². The van der Waals surface area contributed by atoms with Crippen LogP contribution in [0, 0.1) is 0 Å². The van der Waals surface area contributed by atoms with Crippen LogP contribution in [0.2, 0.25) is 5.02 Å². The van der Waals surface area contributed by atoms with E-state index in [1.165, 1.54) is 32.3 Å². The lowest BCUT2D eigenvalue weighted by atomic mass is 10.0. The maximum Gasteiger partial charge on any atom is 0.316 e. The van der Waals surface area contributed by atoms with Gasteiger partial charge in [0.1, 0.15) is 0 Å². The molecule has 0 unspecified atom stereocenters. The number of carbonyl (C=O) groups is 1. The molecule has 1 heterocycles. The predicted octanol–water partition coefficient (Wildman–Crippen LogP) is 3.25. The summed E-state index contributed by atoms with van der Waals surface area (Å²) in [5.74, 6) is -0.535. The highest BCUT2D eigenvalue weighted by atomic mass is 35.5. The van der Waals surface area contributed by atoms with Crippen molar-refractivity contribution >= 4 is 44.1 Å². The summed E-state index contributed by atoms with van der Waals surface area (Å²) in [5.41, 5.74) is -0.574. The van der Waals surface area contributed by atoms with Gasteiger partial charge >= 0.3 is 11.1 Å². The van der Waals surface area contributed by atoms with E-state index in [2.05, 4.69) is 5.32 Å². The van der Waals surface area contributed by atoms with Crippen LogP contribution in [0.5, 0.6) is 0 Å². The van der Waals surface area contributed by atoms with Gasteiger partial charge in [-0.15, -0.1) is 0 Å². The standard InChI is InChI=1S/C23H24ClN3O5S/c1-26-18-12-17(25-21(28)14-7-6-8-15(24)11-14)20(13-19(18)27(2)23(30)22(26)29)33(31,32)16-9-4-3-5-10-16/h6-8,11-13,16H,3-5,9-10H2,1-2H3,(H,25,28). The number of aromatic nitrogens is 2. The van der Waals surface area contributed by atoms with Crippen LogP contribution < -0.4 is 16.4 Å². The molecule has 1 aliphatic carbocycles. The molecule has 0 aliphatic heterocycles. The molecule has 0 atom stereocenters. The number of benzene rings is 2. The fraction of sp³-hybridized carbons (Fsp3) is 0.348. The summed E-state index contributed by atoms with van der Waals surface area (Å²) in [5, 5.41) is 2.49. The number of hydrogen-bond donors (Lipinski definition) is 1. The first-order valence-corrected chi connectivity index (χ1v) is 12.6. The summed E-state index contributed by atoms with van der Waals surface area (Å²) in [4.78, 5) is 37.6. The zero-order valence-electron chi connectivity index (χ0n) is 18.3. The number of sulfone groups is 1. The molecule has 3 aromatic rings. The summed E-state index contributed by atoms with van der Waals surface area (Å²) in [6, 6.07) is 9.12. The average molecular weight is 490 g/mol. The minimum absolute atomic E-state index is 0.0618. The Hall–Kier alpha value is -2.91. The Bertz CT molecular complexity index is 1480. The van der Waals surface area contributed by atoms with Crippen LogP contribution in [0.3, 0.4) is 0 Å². The first kappa shape index (κ1) is 23.3. The first-order valence-electron chi connectivity index (χ1n) is 10.7. The second-order valence-electron chi connectivity index (χ2n) is 8.33. The lowest BCUT2D eigenvalue weighted by molar-refractivity contribution is 0.102. The molecule has 1 aliphatic rings. The molecule has 174 valence electrons. The number of fused-ring (bicyclic) bond motifs is 1. The maximum absolute atomic E-state index is 13.6. The number of carbonyl (C=O) groups excluding carboxylic acids is 1. The van der Waals surface area contributed by atoms with Gasteiger partial charge in [-0.05, 0) is 43.2 Å². The number of nitrogens with one attached hydrogen (secondary N) is 1. The molecule has 1 fully saturated rings. The molecule has 10 heteroatoms. The molecule has 0 radical (unpaired) electrons. The van der Waals surface area contributed by atoms with Gasteiger partial charge in [0.25, 0.3) is 5.91 Å². The lowest BCUT2D eigenvalue weighted by Crippen LogP contribution is -2.39. The number of hydrogen-bond acceptors (Lipinski definition) is 5. The molecule has 1 N–H and O–H groups in total. The highest BCUT2D eigenvalue weighted by Gasteiger charge is 2.32. The Morgan fingerprint density at radius 2 is 1.58 bits per heavy atom. The van der Waals surface area contributed by atoms with E-state index in [1.807, 2.05) is 0 Å². The molecular weight excluding hydrogens is 466 g/mol. The number of anilines is 1. The van der Waals surface area contributed by atoms with Crippen LogP contribution in [0.1, 0.15) is 42.5 Å². The summed E-state index contributed by atoms with van der Waals surface area (Å²) >= 11 is 6.00. The number of aryl methyl sites for hydroxylation is 2. The molecule has 2 aromatic carbocycles. The molecule has 0 spiro atoms. The molecule has 1 aromatic heterocycles. The van der Waals surface area contributed by atoms with Crippen molar-refractivity contribution in [1.82, 2.24) is 9.13 Å². The van der Waals surface area contributed by atoms with Crippen molar-refractivity contribution in [3.63, 3.8) is 0 Å². The van der Waals surface area contributed by atoms with E-state index in [-0.39, 0.29) is 21.7 Å².